The van der Waals surface area contributed by atoms with Crippen LogP contribution >= 0.6 is 36.4 Å². The highest BCUT2D eigenvalue weighted by Gasteiger charge is 2.35. The van der Waals surface area contributed by atoms with Gasteiger partial charge in [-0.05, 0) is 36.5 Å². The van der Waals surface area contributed by atoms with Crippen molar-refractivity contribution in [1.82, 2.24) is 10.2 Å². The number of nitrogens with zero attached hydrogens (tertiary/aromatic N) is 1. The van der Waals surface area contributed by atoms with Gasteiger partial charge in [-0.15, -0.1) is 24.8 Å². The van der Waals surface area contributed by atoms with Gasteiger partial charge in [0.1, 0.15) is 0 Å². The summed E-state index contributed by atoms with van der Waals surface area (Å²) in [5, 5.41) is 3.11. The van der Waals surface area contributed by atoms with E-state index in [9.17, 15) is 13.2 Å². The summed E-state index contributed by atoms with van der Waals surface area (Å²) < 4.78 is 44.4. The lowest BCUT2D eigenvalue weighted by molar-refractivity contribution is -0.137. The second-order valence-corrected chi connectivity index (χ2v) is 6.82. The van der Waals surface area contributed by atoms with Crippen molar-refractivity contribution in [2.24, 2.45) is 5.92 Å². The molecule has 150 valence electrons. The van der Waals surface area contributed by atoms with E-state index in [2.05, 4.69) is 10.2 Å². The van der Waals surface area contributed by atoms with Gasteiger partial charge in [0, 0.05) is 45.4 Å². The summed E-state index contributed by atoms with van der Waals surface area (Å²) in [5.41, 5.74) is 0.112. The molecule has 2 aliphatic rings. The average Bonchev–Trinajstić information content (AvgIpc) is 2.56. The van der Waals surface area contributed by atoms with Crippen molar-refractivity contribution in [1.29, 1.82) is 0 Å². The molecule has 0 saturated carbocycles. The number of halogens is 6. The molecule has 0 aliphatic carbocycles. The zero-order valence-electron chi connectivity index (χ0n) is 14.2. The second-order valence-electron chi connectivity index (χ2n) is 6.42. The maximum Gasteiger partial charge on any atom is 0.417 e. The first-order valence-electron chi connectivity index (χ1n) is 8.36. The van der Waals surface area contributed by atoms with Crippen LogP contribution in [0.2, 0.25) is 5.02 Å². The molecule has 9 heteroatoms. The van der Waals surface area contributed by atoms with Crippen LogP contribution in [0.15, 0.2) is 18.2 Å². The van der Waals surface area contributed by atoms with Crippen LogP contribution in [0.1, 0.15) is 30.0 Å². The monoisotopic (exact) mass is 434 g/mol. The standard InChI is InChI=1S/C17H22ClF3N2O.2ClH/c18-15-11-13(1-2-14(15)17(19,20)21)16(12-3-9-24-10-4-12)23-7-5-22-6-8-23;;/h1-2,11-12,16,22H,3-10H2;2*1H/t16-;;/m1../s1. The van der Waals surface area contributed by atoms with Crippen LogP contribution in [0.3, 0.4) is 0 Å². The van der Waals surface area contributed by atoms with Crippen LogP contribution in [-0.4, -0.2) is 44.3 Å². The molecule has 0 unspecified atom stereocenters. The van der Waals surface area contributed by atoms with Crippen LogP contribution in [0.4, 0.5) is 13.2 Å². The van der Waals surface area contributed by atoms with Crippen LogP contribution in [0.25, 0.3) is 0 Å². The van der Waals surface area contributed by atoms with E-state index in [1.807, 2.05) is 0 Å². The fourth-order valence-corrected chi connectivity index (χ4v) is 4.01. The Labute approximate surface area is 169 Å². The lowest BCUT2D eigenvalue weighted by atomic mass is 9.85. The number of nitrogens with one attached hydrogen (secondary N) is 1. The smallest absolute Gasteiger partial charge is 0.381 e. The van der Waals surface area contributed by atoms with E-state index >= 15 is 0 Å². The molecular weight excluding hydrogens is 412 g/mol. The van der Waals surface area contributed by atoms with Gasteiger partial charge in [-0.1, -0.05) is 17.7 Å². The first kappa shape index (κ1) is 23.8. The molecule has 2 heterocycles. The maximum absolute atomic E-state index is 13.0. The molecule has 0 aromatic heterocycles. The number of piperazine rings is 1. The zero-order valence-corrected chi connectivity index (χ0v) is 16.6. The molecule has 1 aromatic carbocycles. The third-order valence-electron chi connectivity index (χ3n) is 4.90. The van der Waals surface area contributed by atoms with Crippen LogP contribution in [0.5, 0.6) is 0 Å². The van der Waals surface area contributed by atoms with Gasteiger partial charge >= 0.3 is 6.18 Å². The summed E-state index contributed by atoms with van der Waals surface area (Å²) in [6.45, 7) is 4.99. The Morgan fingerprint density at radius 1 is 1.12 bits per heavy atom. The molecule has 26 heavy (non-hydrogen) atoms. The molecule has 0 bridgehead atoms. The van der Waals surface area contributed by atoms with Gasteiger partial charge in [0.2, 0.25) is 0 Å². The van der Waals surface area contributed by atoms with Crippen molar-refractivity contribution in [3.63, 3.8) is 0 Å². The molecule has 1 N–H and O–H groups in total. The first-order chi connectivity index (χ1) is 11.5. The quantitative estimate of drug-likeness (QED) is 0.752. The van der Waals surface area contributed by atoms with E-state index < -0.39 is 11.7 Å². The molecule has 2 aliphatic heterocycles. The van der Waals surface area contributed by atoms with E-state index in [0.29, 0.717) is 19.1 Å². The second kappa shape index (κ2) is 10.3. The first-order valence-corrected chi connectivity index (χ1v) is 8.74. The Kier molecular flexibility index (Phi) is 9.47. The predicted molar refractivity (Wildman–Crippen MR) is 102 cm³/mol. The fraction of sp³-hybridized carbons (Fsp3) is 0.647. The maximum atomic E-state index is 13.0. The van der Waals surface area contributed by atoms with E-state index in [1.165, 1.54) is 6.07 Å². The predicted octanol–water partition coefficient (Wildman–Crippen LogP) is 4.58. The highest BCUT2D eigenvalue weighted by Crippen LogP contribution is 2.40. The molecule has 2 saturated heterocycles. The highest BCUT2D eigenvalue weighted by molar-refractivity contribution is 6.31. The number of ether oxygens (including phenoxy) is 1. The normalized spacial score (nSPS) is 20.8. The summed E-state index contributed by atoms with van der Waals surface area (Å²) >= 11 is 5.96. The minimum Gasteiger partial charge on any atom is -0.381 e. The lowest BCUT2D eigenvalue weighted by Gasteiger charge is -2.41. The van der Waals surface area contributed by atoms with Gasteiger partial charge in [-0.25, -0.2) is 0 Å². The van der Waals surface area contributed by atoms with E-state index in [1.54, 1.807) is 6.07 Å². The highest BCUT2D eigenvalue weighted by atomic mass is 35.5. The number of alkyl halides is 3. The molecule has 1 aromatic rings. The third-order valence-corrected chi connectivity index (χ3v) is 5.21. The molecule has 0 radical (unpaired) electrons. The Morgan fingerprint density at radius 2 is 1.73 bits per heavy atom. The van der Waals surface area contributed by atoms with Crippen LogP contribution in [0, 0.1) is 5.92 Å². The molecule has 3 rings (SSSR count). The zero-order chi connectivity index (χ0) is 17.2. The van der Waals surface area contributed by atoms with Crippen molar-refractivity contribution in [3.8, 4) is 0 Å². The van der Waals surface area contributed by atoms with Crippen molar-refractivity contribution >= 4 is 36.4 Å². The van der Waals surface area contributed by atoms with Gasteiger partial charge in [0.05, 0.1) is 10.6 Å². The lowest BCUT2D eigenvalue weighted by Crippen LogP contribution is -2.47. The van der Waals surface area contributed by atoms with Crippen molar-refractivity contribution in [2.75, 3.05) is 39.4 Å². The third kappa shape index (κ3) is 5.63. The average molecular weight is 436 g/mol. The minimum atomic E-state index is -4.42. The summed E-state index contributed by atoms with van der Waals surface area (Å²) in [7, 11) is 0. The van der Waals surface area contributed by atoms with Crippen LogP contribution < -0.4 is 5.32 Å². The summed E-state index contributed by atoms with van der Waals surface area (Å²) in [5.74, 6) is 0.379. The Bertz CT molecular complexity index is 545. The van der Waals surface area contributed by atoms with E-state index in [0.717, 1.165) is 50.7 Å². The summed E-state index contributed by atoms with van der Waals surface area (Å²) in [6, 6.07) is 4.31. The van der Waals surface area contributed by atoms with Gasteiger partial charge in [-0.3, -0.25) is 4.90 Å². The van der Waals surface area contributed by atoms with Crippen molar-refractivity contribution < 1.29 is 17.9 Å². The summed E-state index contributed by atoms with van der Waals surface area (Å²) in [4.78, 5) is 2.37. The number of hydrogen-bond acceptors (Lipinski definition) is 3. The van der Waals surface area contributed by atoms with Crippen LogP contribution in [-0.2, 0) is 10.9 Å². The van der Waals surface area contributed by atoms with Gasteiger partial charge in [-0.2, -0.15) is 13.2 Å². The molecular formula is C17H24Cl3F3N2O. The topological polar surface area (TPSA) is 24.5 Å². The van der Waals surface area contributed by atoms with Gasteiger partial charge < -0.3 is 10.1 Å². The van der Waals surface area contributed by atoms with Crippen molar-refractivity contribution in [2.45, 2.75) is 25.1 Å². The van der Waals surface area contributed by atoms with E-state index in [-0.39, 0.29) is 35.9 Å². The Morgan fingerprint density at radius 3 is 2.27 bits per heavy atom. The summed E-state index contributed by atoms with van der Waals surface area (Å²) in [6.07, 6.45) is -2.57. The molecule has 0 amide bonds. The Hall–Kier alpha value is -0.240. The van der Waals surface area contributed by atoms with E-state index in [4.69, 9.17) is 16.3 Å². The number of rotatable bonds is 3. The minimum absolute atomic E-state index is 0. The fourth-order valence-electron chi connectivity index (χ4n) is 3.72. The van der Waals surface area contributed by atoms with Crippen molar-refractivity contribution in [3.05, 3.63) is 34.3 Å². The number of benzene rings is 1. The largest absolute Gasteiger partial charge is 0.417 e. The van der Waals surface area contributed by atoms with Gasteiger partial charge in [0.25, 0.3) is 0 Å². The molecule has 3 nitrogen and oxygen atoms in total. The van der Waals surface area contributed by atoms with Gasteiger partial charge in [0.15, 0.2) is 0 Å². The molecule has 0 spiro atoms. The number of hydrogen-bond donors (Lipinski definition) is 1. The molecule has 1 atom stereocenters. The molecule has 2 fully saturated rings. The SMILES string of the molecule is Cl.Cl.FC(F)(F)c1ccc([C@@H](C2CCOCC2)N2CCNCC2)cc1Cl. The Balaban J connectivity index is 0.00000169.